The van der Waals surface area contributed by atoms with E-state index in [2.05, 4.69) is 25.7 Å². The molecule has 0 saturated heterocycles. The van der Waals surface area contributed by atoms with Gasteiger partial charge in [0.2, 0.25) is 0 Å². The second kappa shape index (κ2) is 8.25. The molecule has 0 spiro atoms. The van der Waals surface area contributed by atoms with Crippen molar-refractivity contribution in [2.45, 2.75) is 6.92 Å². The number of anilines is 1. The second-order valence-electron chi connectivity index (χ2n) is 4.02. The fourth-order valence-electron chi connectivity index (χ4n) is 1.44. The highest BCUT2D eigenvalue weighted by atomic mass is 16.5. The number of hydrazone groups is 1. The van der Waals surface area contributed by atoms with Gasteiger partial charge in [-0.25, -0.2) is 9.78 Å². The van der Waals surface area contributed by atoms with Crippen molar-refractivity contribution in [1.82, 2.24) is 4.98 Å². The highest BCUT2D eigenvalue weighted by Gasteiger charge is 2.12. The lowest BCUT2D eigenvalue weighted by atomic mass is 10.3. The van der Waals surface area contributed by atoms with Crippen LogP contribution in [0.15, 0.2) is 70.1 Å². The quantitative estimate of drug-likeness (QED) is 0.309. The number of carbonyl (C=O) groups excluding carboxylic acids is 1. The van der Waals surface area contributed by atoms with Gasteiger partial charge in [0.05, 0.1) is 12.3 Å². The first-order chi connectivity index (χ1) is 10.8. The van der Waals surface area contributed by atoms with E-state index in [1.165, 1.54) is 0 Å². The predicted molar refractivity (Wildman–Crippen MR) is 82.9 cm³/mol. The van der Waals surface area contributed by atoms with Crippen LogP contribution in [0.3, 0.4) is 0 Å². The number of pyridine rings is 1. The molecule has 0 unspecified atom stereocenters. The Morgan fingerprint density at radius 1 is 1.18 bits per heavy atom. The van der Waals surface area contributed by atoms with E-state index in [4.69, 9.17) is 4.74 Å². The number of benzene rings is 1. The maximum atomic E-state index is 11.8. The minimum Gasteiger partial charge on any atom is -0.460 e. The number of nitrogens with one attached hydrogen (secondary N) is 1. The van der Waals surface area contributed by atoms with Crippen LogP contribution in [0, 0.1) is 0 Å². The average molecular weight is 297 g/mol. The zero-order chi connectivity index (χ0) is 15.6. The molecule has 0 saturated carbocycles. The number of carbonyl (C=O) groups is 1. The van der Waals surface area contributed by atoms with Crippen LogP contribution in [-0.4, -0.2) is 23.4 Å². The summed E-state index contributed by atoms with van der Waals surface area (Å²) >= 11 is 0. The van der Waals surface area contributed by atoms with Crippen molar-refractivity contribution in [3.8, 4) is 0 Å². The molecule has 0 radical (unpaired) electrons. The van der Waals surface area contributed by atoms with Crippen LogP contribution in [0.25, 0.3) is 0 Å². The molecule has 2 rings (SSSR count). The van der Waals surface area contributed by atoms with Gasteiger partial charge >= 0.3 is 5.97 Å². The van der Waals surface area contributed by atoms with E-state index in [-0.39, 0.29) is 12.4 Å². The lowest BCUT2D eigenvalue weighted by molar-refractivity contribution is -0.135. The van der Waals surface area contributed by atoms with Crippen LogP contribution in [0.2, 0.25) is 0 Å². The smallest absolute Gasteiger partial charge is 0.380 e. The first kappa shape index (κ1) is 15.3. The van der Waals surface area contributed by atoms with Crippen LogP contribution in [-0.2, 0) is 9.53 Å². The molecule has 0 aliphatic rings. The molecule has 112 valence electrons. The number of hydrogen-bond acceptors (Lipinski definition) is 6. The van der Waals surface area contributed by atoms with Crippen molar-refractivity contribution in [2.24, 2.45) is 15.3 Å². The van der Waals surface area contributed by atoms with Crippen molar-refractivity contribution in [3.05, 3.63) is 54.7 Å². The molecular formula is C15H15N5O2. The third-order valence-electron chi connectivity index (χ3n) is 2.42. The summed E-state index contributed by atoms with van der Waals surface area (Å²) < 4.78 is 4.90. The Balaban J connectivity index is 2.15. The molecule has 0 atom stereocenters. The maximum Gasteiger partial charge on any atom is 0.380 e. The molecule has 0 fully saturated rings. The summed E-state index contributed by atoms with van der Waals surface area (Å²) in [6, 6.07) is 14.3. The van der Waals surface area contributed by atoms with Gasteiger partial charge in [-0.15, -0.1) is 15.3 Å². The predicted octanol–water partition coefficient (Wildman–Crippen LogP) is 3.15. The Labute approximate surface area is 127 Å². The van der Waals surface area contributed by atoms with Gasteiger partial charge in [0.25, 0.3) is 5.84 Å². The zero-order valence-electron chi connectivity index (χ0n) is 12.0. The second-order valence-corrected chi connectivity index (χ2v) is 4.02. The van der Waals surface area contributed by atoms with Crippen LogP contribution < -0.4 is 5.43 Å². The summed E-state index contributed by atoms with van der Waals surface area (Å²) in [6.45, 7) is 1.93. The highest BCUT2D eigenvalue weighted by molar-refractivity contribution is 6.35. The van der Waals surface area contributed by atoms with Gasteiger partial charge < -0.3 is 4.74 Å². The Morgan fingerprint density at radius 3 is 2.64 bits per heavy atom. The number of amidine groups is 1. The number of esters is 1. The van der Waals surface area contributed by atoms with E-state index in [0.29, 0.717) is 11.5 Å². The number of nitrogens with zero attached hydrogens (tertiary/aromatic N) is 4. The summed E-state index contributed by atoms with van der Waals surface area (Å²) in [5.74, 6) is -0.360. The van der Waals surface area contributed by atoms with Crippen LogP contribution >= 0.6 is 0 Å². The minimum atomic E-state index is -0.661. The molecule has 7 nitrogen and oxygen atoms in total. The van der Waals surface area contributed by atoms with E-state index in [0.717, 1.165) is 0 Å². The molecule has 1 aromatic carbocycles. The van der Waals surface area contributed by atoms with Gasteiger partial charge in [-0.05, 0) is 31.2 Å². The summed E-state index contributed by atoms with van der Waals surface area (Å²) in [7, 11) is 0. The van der Waals surface area contributed by atoms with Gasteiger partial charge in [-0.3, -0.25) is 5.43 Å². The van der Waals surface area contributed by atoms with Crippen molar-refractivity contribution in [1.29, 1.82) is 0 Å². The molecule has 0 aliphatic carbocycles. The zero-order valence-corrected chi connectivity index (χ0v) is 12.0. The van der Waals surface area contributed by atoms with E-state index in [9.17, 15) is 4.79 Å². The standard InChI is InChI=1S/C15H15N5O2/c1-2-22-15(21)14(19-17-12-8-4-3-5-9-12)20-18-13-10-6-7-11-16-13/h3-11H,2H2,1H3,(H,16,18)/b19-17+,20-14-. The number of azo groups is 1. The SMILES string of the molecule is CCOC(=O)C(=N/Nc1ccccn1)/N=N/c1ccccc1. The Kier molecular flexibility index (Phi) is 5.74. The number of hydrogen-bond donors (Lipinski definition) is 1. The monoisotopic (exact) mass is 297 g/mol. The summed E-state index contributed by atoms with van der Waals surface area (Å²) in [6.07, 6.45) is 1.60. The van der Waals surface area contributed by atoms with Gasteiger partial charge in [0.15, 0.2) is 0 Å². The molecule has 0 aliphatic heterocycles. The normalized spacial score (nSPS) is 11.4. The Morgan fingerprint density at radius 2 is 1.95 bits per heavy atom. The third-order valence-corrected chi connectivity index (χ3v) is 2.42. The third kappa shape index (κ3) is 4.78. The molecule has 2 aromatic rings. The molecule has 22 heavy (non-hydrogen) atoms. The number of aromatic nitrogens is 1. The van der Waals surface area contributed by atoms with Crippen molar-refractivity contribution in [3.63, 3.8) is 0 Å². The van der Waals surface area contributed by atoms with Crippen LogP contribution in [0.5, 0.6) is 0 Å². The molecule has 0 bridgehead atoms. The first-order valence-electron chi connectivity index (χ1n) is 6.68. The van der Waals surface area contributed by atoms with E-state index < -0.39 is 5.97 Å². The van der Waals surface area contributed by atoms with Crippen molar-refractivity contribution >= 4 is 23.3 Å². The van der Waals surface area contributed by atoms with E-state index in [1.54, 1.807) is 43.5 Å². The fourth-order valence-corrected chi connectivity index (χ4v) is 1.44. The van der Waals surface area contributed by atoms with Gasteiger partial charge in [0, 0.05) is 6.20 Å². The molecule has 1 aromatic heterocycles. The lowest BCUT2D eigenvalue weighted by Gasteiger charge is -2.02. The molecule has 0 amide bonds. The van der Waals surface area contributed by atoms with Crippen LogP contribution in [0.1, 0.15) is 6.92 Å². The van der Waals surface area contributed by atoms with E-state index in [1.807, 2.05) is 18.2 Å². The highest BCUT2D eigenvalue weighted by Crippen LogP contribution is 2.10. The molecule has 1 heterocycles. The summed E-state index contributed by atoms with van der Waals surface area (Å²) in [4.78, 5) is 15.9. The summed E-state index contributed by atoms with van der Waals surface area (Å²) in [5.41, 5.74) is 3.25. The van der Waals surface area contributed by atoms with Gasteiger partial charge in [-0.1, -0.05) is 24.3 Å². The van der Waals surface area contributed by atoms with Crippen molar-refractivity contribution < 1.29 is 9.53 Å². The van der Waals surface area contributed by atoms with Gasteiger partial charge in [-0.2, -0.15) is 0 Å². The fraction of sp³-hybridized carbons (Fsp3) is 0.133. The molecule has 7 heteroatoms. The summed E-state index contributed by atoms with van der Waals surface area (Å²) in [5, 5.41) is 11.7. The van der Waals surface area contributed by atoms with Gasteiger partial charge in [0.1, 0.15) is 5.82 Å². The van der Waals surface area contributed by atoms with Crippen LogP contribution in [0.4, 0.5) is 11.5 Å². The first-order valence-corrected chi connectivity index (χ1v) is 6.68. The van der Waals surface area contributed by atoms with E-state index >= 15 is 0 Å². The largest absolute Gasteiger partial charge is 0.460 e. The molecular weight excluding hydrogens is 282 g/mol. The Hall–Kier alpha value is -3.09. The average Bonchev–Trinajstić information content (AvgIpc) is 2.57. The maximum absolute atomic E-state index is 11.8. The minimum absolute atomic E-state index is 0.184. The molecule has 1 N–H and O–H groups in total. The number of ether oxygens (including phenoxy) is 1. The topological polar surface area (TPSA) is 88.3 Å². The van der Waals surface area contributed by atoms with Crippen molar-refractivity contribution in [2.75, 3.05) is 12.0 Å². The Bertz CT molecular complexity index is 656. The lowest BCUT2D eigenvalue weighted by Crippen LogP contribution is -2.16. The number of rotatable bonds is 4.